The quantitative estimate of drug-likeness (QED) is 0.860. The Labute approximate surface area is 106 Å². The maximum absolute atomic E-state index is 5.91. The summed E-state index contributed by atoms with van der Waals surface area (Å²) < 4.78 is 5.10. The first-order chi connectivity index (χ1) is 8.70. The van der Waals surface area contributed by atoms with Crippen LogP contribution in [0.3, 0.4) is 0 Å². The maximum atomic E-state index is 5.91. The Morgan fingerprint density at radius 1 is 1.22 bits per heavy atom. The van der Waals surface area contributed by atoms with Crippen molar-refractivity contribution in [3.63, 3.8) is 0 Å². The summed E-state index contributed by atoms with van der Waals surface area (Å²) >= 11 is 0. The van der Waals surface area contributed by atoms with E-state index >= 15 is 0 Å². The molecule has 0 atom stereocenters. The summed E-state index contributed by atoms with van der Waals surface area (Å²) in [5.41, 5.74) is 7.50. The molecule has 5 nitrogen and oxygen atoms in total. The van der Waals surface area contributed by atoms with E-state index in [9.17, 15) is 0 Å². The van der Waals surface area contributed by atoms with Crippen LogP contribution in [0.2, 0.25) is 0 Å². The average Bonchev–Trinajstić information content (AvgIpc) is 2.40. The highest BCUT2D eigenvalue weighted by atomic mass is 16.5. The maximum Gasteiger partial charge on any atom is 0.242 e. The molecule has 1 aromatic heterocycles. The molecule has 0 saturated heterocycles. The average molecular weight is 244 g/mol. The summed E-state index contributed by atoms with van der Waals surface area (Å²) in [7, 11) is 1.54. The van der Waals surface area contributed by atoms with Gasteiger partial charge in [0.05, 0.1) is 7.11 Å². The first-order valence-electron chi connectivity index (χ1n) is 5.66. The standard InChI is InChI=1S/C13H16N4O/c1-9-16-12(11(14)13(17-9)18-2)15-8-10-6-4-3-5-7-10/h3-7H,8,14H2,1-2H3,(H,15,16,17). The van der Waals surface area contributed by atoms with Gasteiger partial charge in [-0.25, -0.2) is 4.98 Å². The van der Waals surface area contributed by atoms with Crippen LogP contribution in [0.5, 0.6) is 5.88 Å². The zero-order valence-corrected chi connectivity index (χ0v) is 10.5. The Morgan fingerprint density at radius 2 is 1.94 bits per heavy atom. The third kappa shape index (κ3) is 2.68. The van der Waals surface area contributed by atoms with Crippen molar-refractivity contribution in [3.05, 3.63) is 41.7 Å². The molecule has 1 heterocycles. The molecule has 5 heteroatoms. The van der Waals surface area contributed by atoms with Gasteiger partial charge in [0.25, 0.3) is 0 Å². The van der Waals surface area contributed by atoms with Crippen LogP contribution in [0.15, 0.2) is 30.3 Å². The largest absolute Gasteiger partial charge is 0.479 e. The number of benzene rings is 1. The number of rotatable bonds is 4. The van der Waals surface area contributed by atoms with Crippen LogP contribution < -0.4 is 15.8 Å². The molecule has 0 saturated carbocycles. The van der Waals surface area contributed by atoms with Gasteiger partial charge in [-0.05, 0) is 12.5 Å². The molecule has 94 valence electrons. The monoisotopic (exact) mass is 244 g/mol. The van der Waals surface area contributed by atoms with E-state index in [-0.39, 0.29) is 0 Å². The van der Waals surface area contributed by atoms with Crippen LogP contribution in [0.1, 0.15) is 11.4 Å². The van der Waals surface area contributed by atoms with Gasteiger partial charge >= 0.3 is 0 Å². The van der Waals surface area contributed by atoms with Crippen molar-refractivity contribution < 1.29 is 4.74 Å². The third-order valence-electron chi connectivity index (χ3n) is 2.52. The van der Waals surface area contributed by atoms with Gasteiger partial charge in [0.2, 0.25) is 5.88 Å². The van der Waals surface area contributed by atoms with Gasteiger partial charge in [0, 0.05) is 6.54 Å². The minimum atomic E-state index is 0.401. The van der Waals surface area contributed by atoms with Crippen molar-refractivity contribution in [1.29, 1.82) is 0 Å². The number of hydrogen-bond donors (Lipinski definition) is 2. The number of anilines is 2. The summed E-state index contributed by atoms with van der Waals surface area (Å²) in [6, 6.07) is 10.0. The van der Waals surface area contributed by atoms with Crippen molar-refractivity contribution in [2.45, 2.75) is 13.5 Å². The number of ether oxygens (including phenoxy) is 1. The van der Waals surface area contributed by atoms with E-state index in [2.05, 4.69) is 15.3 Å². The number of aryl methyl sites for hydroxylation is 1. The van der Waals surface area contributed by atoms with E-state index < -0.39 is 0 Å². The second-order valence-electron chi connectivity index (χ2n) is 3.88. The number of nitrogens with zero attached hydrogens (tertiary/aromatic N) is 2. The number of nitrogens with one attached hydrogen (secondary N) is 1. The first-order valence-corrected chi connectivity index (χ1v) is 5.66. The summed E-state index contributed by atoms with van der Waals surface area (Å²) in [6.07, 6.45) is 0. The zero-order valence-electron chi connectivity index (χ0n) is 10.5. The van der Waals surface area contributed by atoms with E-state index in [1.807, 2.05) is 30.3 Å². The highest BCUT2D eigenvalue weighted by Crippen LogP contribution is 2.25. The Balaban J connectivity index is 2.17. The van der Waals surface area contributed by atoms with Crippen molar-refractivity contribution >= 4 is 11.5 Å². The van der Waals surface area contributed by atoms with Gasteiger partial charge in [-0.1, -0.05) is 30.3 Å². The van der Waals surface area contributed by atoms with Gasteiger partial charge < -0.3 is 15.8 Å². The molecule has 3 N–H and O–H groups in total. The Hall–Kier alpha value is -2.30. The summed E-state index contributed by atoms with van der Waals surface area (Å²) in [5.74, 6) is 1.62. The predicted octanol–water partition coefficient (Wildman–Crippen LogP) is 1.99. The number of aromatic nitrogens is 2. The zero-order chi connectivity index (χ0) is 13.0. The van der Waals surface area contributed by atoms with Gasteiger partial charge in [0.1, 0.15) is 11.5 Å². The van der Waals surface area contributed by atoms with Crippen LogP contribution in [0.4, 0.5) is 11.5 Å². The molecule has 2 rings (SSSR count). The van der Waals surface area contributed by atoms with E-state index in [0.29, 0.717) is 29.8 Å². The Kier molecular flexibility index (Phi) is 3.62. The molecular weight excluding hydrogens is 228 g/mol. The summed E-state index contributed by atoms with van der Waals surface area (Å²) in [4.78, 5) is 8.38. The minimum Gasteiger partial charge on any atom is -0.479 e. The van der Waals surface area contributed by atoms with Crippen LogP contribution in [-0.2, 0) is 6.54 Å². The molecule has 2 aromatic rings. The number of hydrogen-bond acceptors (Lipinski definition) is 5. The van der Waals surface area contributed by atoms with Gasteiger partial charge in [-0.2, -0.15) is 4.98 Å². The van der Waals surface area contributed by atoms with Crippen LogP contribution >= 0.6 is 0 Å². The Bertz CT molecular complexity index is 528. The Morgan fingerprint density at radius 3 is 2.61 bits per heavy atom. The van der Waals surface area contributed by atoms with Crippen LogP contribution in [-0.4, -0.2) is 17.1 Å². The molecule has 0 aliphatic rings. The van der Waals surface area contributed by atoms with Gasteiger partial charge in [0.15, 0.2) is 5.82 Å². The lowest BCUT2D eigenvalue weighted by molar-refractivity contribution is 0.398. The lowest BCUT2D eigenvalue weighted by atomic mass is 10.2. The highest BCUT2D eigenvalue weighted by Gasteiger charge is 2.09. The highest BCUT2D eigenvalue weighted by molar-refractivity contribution is 5.66. The fraction of sp³-hybridized carbons (Fsp3) is 0.231. The molecule has 0 aliphatic heterocycles. The minimum absolute atomic E-state index is 0.401. The number of methoxy groups -OCH3 is 1. The first kappa shape index (κ1) is 12.2. The summed E-state index contributed by atoms with van der Waals surface area (Å²) in [6.45, 7) is 2.46. The molecule has 0 amide bonds. The predicted molar refractivity (Wildman–Crippen MR) is 71.5 cm³/mol. The van der Waals surface area contributed by atoms with Crippen molar-refractivity contribution in [2.75, 3.05) is 18.2 Å². The SMILES string of the molecule is COc1nc(C)nc(NCc2ccccc2)c1N. The normalized spacial score (nSPS) is 10.1. The summed E-state index contributed by atoms with van der Waals surface area (Å²) in [5, 5.41) is 3.19. The lowest BCUT2D eigenvalue weighted by Crippen LogP contribution is -2.08. The second-order valence-corrected chi connectivity index (χ2v) is 3.88. The number of nitrogen functional groups attached to an aromatic ring is 1. The topological polar surface area (TPSA) is 73.1 Å². The molecule has 0 spiro atoms. The number of nitrogens with two attached hydrogens (primary N) is 1. The lowest BCUT2D eigenvalue weighted by Gasteiger charge is -2.11. The van der Waals surface area contributed by atoms with Gasteiger partial charge in [-0.15, -0.1) is 0 Å². The molecule has 0 fully saturated rings. The van der Waals surface area contributed by atoms with Crippen LogP contribution in [0.25, 0.3) is 0 Å². The molecule has 18 heavy (non-hydrogen) atoms. The molecule has 0 bridgehead atoms. The van der Waals surface area contributed by atoms with Crippen LogP contribution in [0, 0.1) is 6.92 Å². The van der Waals surface area contributed by atoms with E-state index in [1.165, 1.54) is 0 Å². The smallest absolute Gasteiger partial charge is 0.242 e. The molecular formula is C13H16N4O. The molecule has 0 aliphatic carbocycles. The van der Waals surface area contributed by atoms with Crippen molar-refractivity contribution in [1.82, 2.24) is 9.97 Å². The van der Waals surface area contributed by atoms with E-state index in [4.69, 9.17) is 10.5 Å². The molecule has 0 radical (unpaired) electrons. The fourth-order valence-corrected chi connectivity index (χ4v) is 1.63. The second kappa shape index (κ2) is 5.35. The van der Waals surface area contributed by atoms with E-state index in [1.54, 1.807) is 14.0 Å². The fourth-order valence-electron chi connectivity index (χ4n) is 1.63. The third-order valence-corrected chi connectivity index (χ3v) is 2.52. The van der Waals surface area contributed by atoms with Crippen molar-refractivity contribution in [3.8, 4) is 5.88 Å². The molecule has 0 unspecified atom stereocenters. The molecule has 1 aromatic carbocycles. The van der Waals surface area contributed by atoms with Gasteiger partial charge in [-0.3, -0.25) is 0 Å². The van der Waals surface area contributed by atoms with E-state index in [0.717, 1.165) is 5.56 Å². The van der Waals surface area contributed by atoms with Crippen molar-refractivity contribution in [2.24, 2.45) is 0 Å².